The van der Waals surface area contributed by atoms with Crippen LogP contribution in [0.4, 0.5) is 0 Å². The first kappa shape index (κ1) is 9.54. The standard InChI is InChI=1S/C8H13N5S/c1-5(3-4-9)7-12-13-6(2)10-11-8(13)14-7/h5H,3-4,9H2,1-2H3. The van der Waals surface area contributed by atoms with E-state index >= 15 is 0 Å². The minimum Gasteiger partial charge on any atom is -0.330 e. The van der Waals surface area contributed by atoms with E-state index in [0.717, 1.165) is 22.2 Å². The second kappa shape index (κ2) is 3.62. The van der Waals surface area contributed by atoms with Gasteiger partial charge < -0.3 is 5.73 Å². The number of nitrogens with zero attached hydrogens (tertiary/aromatic N) is 4. The van der Waals surface area contributed by atoms with Gasteiger partial charge in [-0.3, -0.25) is 0 Å². The molecule has 2 aromatic rings. The molecule has 0 amide bonds. The van der Waals surface area contributed by atoms with Crippen molar-refractivity contribution in [3.63, 3.8) is 0 Å². The predicted octanol–water partition coefficient (Wildman–Crippen LogP) is 0.947. The first-order valence-electron chi connectivity index (χ1n) is 4.61. The minimum atomic E-state index is 0.408. The Bertz CT molecular complexity index is 432. The zero-order chi connectivity index (χ0) is 10.1. The van der Waals surface area contributed by atoms with Crippen LogP contribution in [0.2, 0.25) is 0 Å². The van der Waals surface area contributed by atoms with E-state index in [1.165, 1.54) is 0 Å². The number of aromatic nitrogens is 4. The van der Waals surface area contributed by atoms with Crippen molar-refractivity contribution in [2.45, 2.75) is 26.2 Å². The van der Waals surface area contributed by atoms with Gasteiger partial charge in [-0.1, -0.05) is 18.3 Å². The molecule has 0 aromatic carbocycles. The van der Waals surface area contributed by atoms with Crippen LogP contribution in [-0.2, 0) is 0 Å². The predicted molar refractivity (Wildman–Crippen MR) is 55.5 cm³/mol. The molecular weight excluding hydrogens is 198 g/mol. The van der Waals surface area contributed by atoms with E-state index in [0.29, 0.717) is 12.5 Å². The van der Waals surface area contributed by atoms with Crippen LogP contribution in [0.25, 0.3) is 4.96 Å². The highest BCUT2D eigenvalue weighted by Crippen LogP contribution is 2.23. The summed E-state index contributed by atoms with van der Waals surface area (Å²) in [5, 5.41) is 13.5. The first-order chi connectivity index (χ1) is 6.72. The first-order valence-corrected chi connectivity index (χ1v) is 5.43. The average molecular weight is 211 g/mol. The van der Waals surface area contributed by atoms with Crippen molar-refractivity contribution < 1.29 is 0 Å². The van der Waals surface area contributed by atoms with E-state index in [-0.39, 0.29) is 0 Å². The summed E-state index contributed by atoms with van der Waals surface area (Å²) in [6.07, 6.45) is 0.961. The monoisotopic (exact) mass is 211 g/mol. The molecule has 1 atom stereocenters. The van der Waals surface area contributed by atoms with Gasteiger partial charge in [-0.25, -0.2) is 0 Å². The number of hydrogen-bond donors (Lipinski definition) is 1. The smallest absolute Gasteiger partial charge is 0.234 e. The van der Waals surface area contributed by atoms with Crippen LogP contribution >= 0.6 is 11.3 Å². The van der Waals surface area contributed by atoms with Crippen LogP contribution in [0.15, 0.2) is 0 Å². The molecule has 5 nitrogen and oxygen atoms in total. The van der Waals surface area contributed by atoms with Crippen molar-refractivity contribution in [3.8, 4) is 0 Å². The lowest BCUT2D eigenvalue weighted by Gasteiger charge is -2.03. The van der Waals surface area contributed by atoms with Crippen molar-refractivity contribution in [3.05, 3.63) is 10.8 Å². The zero-order valence-corrected chi connectivity index (χ0v) is 9.08. The normalized spacial score (nSPS) is 13.6. The maximum atomic E-state index is 5.51. The van der Waals surface area contributed by atoms with Gasteiger partial charge in [0.2, 0.25) is 4.96 Å². The molecule has 0 aliphatic rings. The van der Waals surface area contributed by atoms with Gasteiger partial charge in [0.25, 0.3) is 0 Å². The van der Waals surface area contributed by atoms with Crippen LogP contribution in [0.1, 0.15) is 30.1 Å². The van der Waals surface area contributed by atoms with Gasteiger partial charge in [-0.2, -0.15) is 9.61 Å². The van der Waals surface area contributed by atoms with Crippen LogP contribution < -0.4 is 5.73 Å². The van der Waals surface area contributed by atoms with Crippen LogP contribution in [-0.4, -0.2) is 26.4 Å². The quantitative estimate of drug-likeness (QED) is 0.820. The van der Waals surface area contributed by atoms with Crippen molar-refractivity contribution in [1.29, 1.82) is 0 Å². The van der Waals surface area contributed by atoms with E-state index in [1.807, 2.05) is 6.92 Å². The lowest BCUT2D eigenvalue weighted by atomic mass is 10.1. The van der Waals surface area contributed by atoms with E-state index < -0.39 is 0 Å². The summed E-state index contributed by atoms with van der Waals surface area (Å²) in [4.78, 5) is 0.862. The third-order valence-electron chi connectivity index (χ3n) is 2.18. The zero-order valence-electron chi connectivity index (χ0n) is 8.27. The molecule has 0 radical (unpaired) electrons. The Balaban J connectivity index is 2.35. The summed E-state index contributed by atoms with van der Waals surface area (Å²) in [5.41, 5.74) is 5.51. The largest absolute Gasteiger partial charge is 0.330 e. The molecule has 0 aliphatic heterocycles. The Kier molecular flexibility index (Phi) is 2.47. The molecular formula is C8H13N5S. The van der Waals surface area contributed by atoms with Gasteiger partial charge in [0.15, 0.2) is 5.82 Å². The number of nitrogens with two attached hydrogens (primary N) is 1. The van der Waals surface area contributed by atoms with Crippen molar-refractivity contribution in [1.82, 2.24) is 19.8 Å². The highest BCUT2D eigenvalue weighted by Gasteiger charge is 2.13. The van der Waals surface area contributed by atoms with E-state index in [9.17, 15) is 0 Å². The highest BCUT2D eigenvalue weighted by atomic mass is 32.1. The summed E-state index contributed by atoms with van der Waals surface area (Å²) in [6, 6.07) is 0. The number of fused-ring (bicyclic) bond motifs is 1. The topological polar surface area (TPSA) is 69.1 Å². The van der Waals surface area contributed by atoms with Crippen LogP contribution in [0.3, 0.4) is 0 Å². The summed E-state index contributed by atoms with van der Waals surface area (Å²) in [6.45, 7) is 4.73. The molecule has 0 saturated carbocycles. The maximum Gasteiger partial charge on any atom is 0.234 e. The number of aryl methyl sites for hydroxylation is 1. The fraction of sp³-hybridized carbons (Fsp3) is 0.625. The third kappa shape index (κ3) is 1.51. The molecule has 2 N–H and O–H groups in total. The van der Waals surface area contributed by atoms with Gasteiger partial charge in [0.1, 0.15) is 5.01 Å². The summed E-state index contributed by atoms with van der Waals surface area (Å²) >= 11 is 1.59. The molecule has 76 valence electrons. The Morgan fingerprint density at radius 1 is 1.50 bits per heavy atom. The van der Waals surface area contributed by atoms with Crippen molar-refractivity contribution in [2.75, 3.05) is 6.54 Å². The molecule has 14 heavy (non-hydrogen) atoms. The van der Waals surface area contributed by atoms with Gasteiger partial charge in [-0.05, 0) is 19.9 Å². The van der Waals surface area contributed by atoms with Crippen LogP contribution in [0, 0.1) is 6.92 Å². The second-order valence-electron chi connectivity index (χ2n) is 3.36. The SMILES string of the molecule is Cc1nnc2sc(C(C)CCN)nn12. The molecule has 0 spiro atoms. The molecule has 6 heteroatoms. The fourth-order valence-corrected chi connectivity index (χ4v) is 2.27. The molecule has 2 rings (SSSR count). The van der Waals surface area contributed by atoms with E-state index in [4.69, 9.17) is 5.73 Å². The number of hydrogen-bond acceptors (Lipinski definition) is 5. The Labute approximate surface area is 86.0 Å². The third-order valence-corrected chi connectivity index (χ3v) is 3.31. The minimum absolute atomic E-state index is 0.408. The summed E-state index contributed by atoms with van der Waals surface area (Å²) < 4.78 is 1.78. The number of rotatable bonds is 3. The Morgan fingerprint density at radius 2 is 2.29 bits per heavy atom. The summed E-state index contributed by atoms with van der Waals surface area (Å²) in [7, 11) is 0. The second-order valence-corrected chi connectivity index (χ2v) is 4.35. The van der Waals surface area contributed by atoms with Crippen molar-refractivity contribution >= 4 is 16.3 Å². The molecule has 0 fully saturated rings. The van der Waals surface area contributed by atoms with E-state index in [2.05, 4.69) is 22.2 Å². The lowest BCUT2D eigenvalue weighted by molar-refractivity contribution is 0.668. The molecule has 0 saturated heterocycles. The Hall–Kier alpha value is -1.01. The molecule has 0 bridgehead atoms. The van der Waals surface area contributed by atoms with E-state index in [1.54, 1.807) is 15.9 Å². The van der Waals surface area contributed by atoms with Gasteiger partial charge in [0.05, 0.1) is 0 Å². The van der Waals surface area contributed by atoms with Gasteiger partial charge in [0, 0.05) is 5.92 Å². The fourth-order valence-electron chi connectivity index (χ4n) is 1.30. The van der Waals surface area contributed by atoms with Crippen molar-refractivity contribution in [2.24, 2.45) is 5.73 Å². The highest BCUT2D eigenvalue weighted by molar-refractivity contribution is 7.16. The van der Waals surface area contributed by atoms with Crippen LogP contribution in [0.5, 0.6) is 0 Å². The molecule has 0 aliphatic carbocycles. The molecule has 2 aromatic heterocycles. The van der Waals surface area contributed by atoms with Gasteiger partial charge in [-0.15, -0.1) is 10.2 Å². The lowest BCUT2D eigenvalue weighted by Crippen LogP contribution is -2.04. The average Bonchev–Trinajstić information content (AvgIpc) is 2.69. The Morgan fingerprint density at radius 3 is 2.93 bits per heavy atom. The molecule has 2 heterocycles. The van der Waals surface area contributed by atoms with Gasteiger partial charge >= 0.3 is 0 Å². The molecule has 1 unspecified atom stereocenters. The summed E-state index contributed by atoms with van der Waals surface area (Å²) in [5.74, 6) is 1.24. The maximum absolute atomic E-state index is 5.51.